The molecule has 1 spiro atoms. The zero-order valence-corrected chi connectivity index (χ0v) is 11.6. The molecule has 1 saturated heterocycles. The summed E-state index contributed by atoms with van der Waals surface area (Å²) in [6.45, 7) is 5.28. The number of amides is 1. The quantitative estimate of drug-likeness (QED) is 0.832. The number of rotatable bonds is 3. The second-order valence-electron chi connectivity index (χ2n) is 6.43. The first kappa shape index (κ1) is 12.5. The smallest absolute Gasteiger partial charge is 0.226 e. The van der Waals surface area contributed by atoms with E-state index in [-0.39, 0.29) is 0 Å². The second kappa shape index (κ2) is 4.84. The largest absolute Gasteiger partial charge is 0.340 e. The Kier molecular flexibility index (Phi) is 3.35. The molecule has 1 amide bonds. The minimum absolute atomic E-state index is 0.361. The van der Waals surface area contributed by atoms with Gasteiger partial charge in [0.1, 0.15) is 0 Å². The van der Waals surface area contributed by atoms with E-state index in [2.05, 4.69) is 17.1 Å². The van der Waals surface area contributed by atoms with Gasteiger partial charge >= 0.3 is 0 Å². The number of piperidine rings is 1. The SMILES string of the molecule is CCN(C(=O)C1CC12CCNCC2)C1CCCC1. The van der Waals surface area contributed by atoms with E-state index in [1.54, 1.807) is 0 Å². The predicted octanol–water partition coefficient (Wildman–Crippen LogP) is 2.17. The fourth-order valence-corrected chi connectivity index (χ4v) is 4.18. The van der Waals surface area contributed by atoms with Crippen molar-refractivity contribution in [3.63, 3.8) is 0 Å². The third-order valence-corrected chi connectivity index (χ3v) is 5.48. The Morgan fingerprint density at radius 2 is 1.94 bits per heavy atom. The maximum atomic E-state index is 12.7. The van der Waals surface area contributed by atoms with Crippen molar-refractivity contribution in [2.24, 2.45) is 11.3 Å². The fourth-order valence-electron chi connectivity index (χ4n) is 4.18. The average Bonchev–Trinajstić information content (AvgIpc) is 2.85. The predicted molar refractivity (Wildman–Crippen MR) is 72.3 cm³/mol. The topological polar surface area (TPSA) is 32.3 Å². The van der Waals surface area contributed by atoms with E-state index in [1.165, 1.54) is 38.5 Å². The molecule has 1 N–H and O–H groups in total. The molecular weight excluding hydrogens is 224 g/mol. The molecule has 0 bridgehead atoms. The summed E-state index contributed by atoms with van der Waals surface area (Å²) >= 11 is 0. The van der Waals surface area contributed by atoms with Crippen molar-refractivity contribution in [2.75, 3.05) is 19.6 Å². The van der Waals surface area contributed by atoms with Crippen LogP contribution in [0.1, 0.15) is 51.9 Å². The molecule has 3 rings (SSSR count). The molecule has 1 aliphatic heterocycles. The number of hydrogen-bond acceptors (Lipinski definition) is 2. The van der Waals surface area contributed by atoms with E-state index in [4.69, 9.17) is 0 Å². The van der Waals surface area contributed by atoms with Crippen LogP contribution in [0.3, 0.4) is 0 Å². The Morgan fingerprint density at radius 1 is 1.28 bits per heavy atom. The molecule has 3 nitrogen and oxygen atoms in total. The van der Waals surface area contributed by atoms with Gasteiger partial charge in [-0.25, -0.2) is 0 Å². The summed E-state index contributed by atoms with van der Waals surface area (Å²) in [6, 6.07) is 0.557. The fraction of sp³-hybridized carbons (Fsp3) is 0.933. The zero-order valence-electron chi connectivity index (χ0n) is 11.6. The van der Waals surface area contributed by atoms with Crippen molar-refractivity contribution < 1.29 is 4.79 Å². The van der Waals surface area contributed by atoms with Crippen molar-refractivity contribution in [3.05, 3.63) is 0 Å². The van der Waals surface area contributed by atoms with Gasteiger partial charge in [0.25, 0.3) is 0 Å². The van der Waals surface area contributed by atoms with Crippen LogP contribution in [-0.4, -0.2) is 36.5 Å². The van der Waals surface area contributed by atoms with Gasteiger partial charge in [-0.3, -0.25) is 4.79 Å². The second-order valence-corrected chi connectivity index (χ2v) is 6.43. The molecule has 18 heavy (non-hydrogen) atoms. The minimum atomic E-state index is 0.361. The van der Waals surface area contributed by atoms with Crippen molar-refractivity contribution >= 4 is 5.91 Å². The van der Waals surface area contributed by atoms with Crippen LogP contribution in [0.25, 0.3) is 0 Å². The van der Waals surface area contributed by atoms with Gasteiger partial charge in [0.05, 0.1) is 0 Å². The highest BCUT2D eigenvalue weighted by Crippen LogP contribution is 2.59. The molecule has 1 atom stereocenters. The number of carbonyl (C=O) groups excluding carboxylic acids is 1. The van der Waals surface area contributed by atoms with Gasteiger partial charge < -0.3 is 10.2 Å². The number of nitrogens with zero attached hydrogens (tertiary/aromatic N) is 1. The first-order chi connectivity index (χ1) is 8.77. The highest BCUT2D eigenvalue weighted by Gasteiger charge is 2.58. The van der Waals surface area contributed by atoms with E-state index >= 15 is 0 Å². The molecule has 102 valence electrons. The van der Waals surface area contributed by atoms with Crippen LogP contribution >= 0.6 is 0 Å². The summed E-state index contributed by atoms with van der Waals surface area (Å²) in [5.41, 5.74) is 0.397. The Morgan fingerprint density at radius 3 is 2.56 bits per heavy atom. The number of hydrogen-bond donors (Lipinski definition) is 1. The van der Waals surface area contributed by atoms with Gasteiger partial charge in [0.15, 0.2) is 0 Å². The summed E-state index contributed by atoms with van der Waals surface area (Å²) < 4.78 is 0. The lowest BCUT2D eigenvalue weighted by atomic mass is 9.91. The van der Waals surface area contributed by atoms with Gasteiger partial charge in [-0.2, -0.15) is 0 Å². The third kappa shape index (κ3) is 2.07. The normalized spacial score (nSPS) is 30.6. The Hall–Kier alpha value is -0.570. The standard InChI is InChI=1S/C15H26N2O/c1-2-17(12-5-3-4-6-12)14(18)13-11-15(13)7-9-16-10-8-15/h12-13,16H,2-11H2,1H3. The molecule has 2 saturated carbocycles. The van der Waals surface area contributed by atoms with Crippen LogP contribution in [-0.2, 0) is 4.79 Å². The van der Waals surface area contributed by atoms with Crippen molar-refractivity contribution in [2.45, 2.75) is 57.9 Å². The van der Waals surface area contributed by atoms with Crippen LogP contribution < -0.4 is 5.32 Å². The van der Waals surface area contributed by atoms with Crippen molar-refractivity contribution in [1.29, 1.82) is 0 Å². The van der Waals surface area contributed by atoms with Crippen LogP contribution in [0.5, 0.6) is 0 Å². The van der Waals surface area contributed by atoms with Crippen LogP contribution in [0.2, 0.25) is 0 Å². The van der Waals surface area contributed by atoms with E-state index in [9.17, 15) is 4.79 Å². The third-order valence-electron chi connectivity index (χ3n) is 5.48. The first-order valence-corrected chi connectivity index (χ1v) is 7.78. The van der Waals surface area contributed by atoms with Gasteiger partial charge in [0.2, 0.25) is 5.91 Å². The highest BCUT2D eigenvalue weighted by atomic mass is 16.2. The zero-order chi connectivity index (χ0) is 12.6. The van der Waals surface area contributed by atoms with Crippen LogP contribution in [0, 0.1) is 11.3 Å². The molecule has 0 aromatic heterocycles. The molecule has 1 heterocycles. The molecule has 0 aromatic rings. The lowest BCUT2D eigenvalue weighted by Gasteiger charge is -2.30. The molecule has 0 radical (unpaired) electrons. The lowest BCUT2D eigenvalue weighted by molar-refractivity contribution is -0.135. The van der Waals surface area contributed by atoms with Gasteiger partial charge in [0, 0.05) is 18.5 Å². The maximum Gasteiger partial charge on any atom is 0.226 e. The molecule has 1 unspecified atom stereocenters. The Balaban J connectivity index is 1.63. The summed E-state index contributed by atoms with van der Waals surface area (Å²) in [5, 5.41) is 3.41. The van der Waals surface area contributed by atoms with Crippen molar-refractivity contribution in [3.8, 4) is 0 Å². The summed E-state index contributed by atoms with van der Waals surface area (Å²) in [5.74, 6) is 0.839. The lowest BCUT2D eigenvalue weighted by Crippen LogP contribution is -2.41. The highest BCUT2D eigenvalue weighted by molar-refractivity contribution is 5.83. The maximum absolute atomic E-state index is 12.7. The first-order valence-electron chi connectivity index (χ1n) is 7.78. The van der Waals surface area contributed by atoms with E-state index in [0.29, 0.717) is 23.3 Å². The molecule has 3 aliphatic rings. The molecule has 2 aliphatic carbocycles. The van der Waals surface area contributed by atoms with Crippen LogP contribution in [0.15, 0.2) is 0 Å². The Labute approximate surface area is 110 Å². The summed E-state index contributed by atoms with van der Waals surface area (Å²) in [6.07, 6.45) is 8.69. The monoisotopic (exact) mass is 250 g/mol. The van der Waals surface area contributed by atoms with E-state index < -0.39 is 0 Å². The minimum Gasteiger partial charge on any atom is -0.340 e. The van der Waals surface area contributed by atoms with Crippen LogP contribution in [0.4, 0.5) is 0 Å². The van der Waals surface area contributed by atoms with Gasteiger partial charge in [-0.05, 0) is 57.5 Å². The Bertz CT molecular complexity index is 316. The van der Waals surface area contributed by atoms with E-state index in [0.717, 1.165) is 26.1 Å². The summed E-state index contributed by atoms with van der Waals surface area (Å²) in [7, 11) is 0. The molecular formula is C15H26N2O. The van der Waals surface area contributed by atoms with Crippen molar-refractivity contribution in [1.82, 2.24) is 10.2 Å². The molecule has 3 fully saturated rings. The van der Waals surface area contributed by atoms with E-state index in [1.807, 2.05) is 0 Å². The average molecular weight is 250 g/mol. The van der Waals surface area contributed by atoms with Gasteiger partial charge in [-0.1, -0.05) is 12.8 Å². The number of carbonyl (C=O) groups is 1. The number of nitrogens with one attached hydrogen (secondary N) is 1. The molecule has 0 aromatic carbocycles. The molecule has 3 heteroatoms. The van der Waals surface area contributed by atoms with Gasteiger partial charge in [-0.15, -0.1) is 0 Å². The summed E-state index contributed by atoms with van der Waals surface area (Å²) in [4.78, 5) is 14.9.